The summed E-state index contributed by atoms with van der Waals surface area (Å²) in [6.07, 6.45) is 2.30. The van der Waals surface area contributed by atoms with Crippen LogP contribution in [0, 0.1) is 0 Å². The molecule has 0 unspecified atom stereocenters. The van der Waals surface area contributed by atoms with Crippen LogP contribution in [0.5, 0.6) is 5.75 Å². The summed E-state index contributed by atoms with van der Waals surface area (Å²) in [4.78, 5) is 12.1. The van der Waals surface area contributed by atoms with Gasteiger partial charge >= 0.3 is 0 Å². The van der Waals surface area contributed by atoms with Gasteiger partial charge in [-0.15, -0.1) is 10.2 Å². The predicted molar refractivity (Wildman–Crippen MR) is 108 cm³/mol. The van der Waals surface area contributed by atoms with E-state index in [1.807, 2.05) is 18.2 Å². The number of carbonyl (C=O) groups excluding carboxylic acids is 1. The molecule has 8 heteroatoms. The van der Waals surface area contributed by atoms with Crippen molar-refractivity contribution in [2.75, 3.05) is 17.7 Å². The molecule has 0 atom stereocenters. The summed E-state index contributed by atoms with van der Waals surface area (Å²) in [5.41, 5.74) is 1.06. The number of ether oxygens (including phenoxy) is 1. The van der Waals surface area contributed by atoms with E-state index in [4.69, 9.17) is 4.74 Å². The van der Waals surface area contributed by atoms with Gasteiger partial charge in [-0.05, 0) is 36.1 Å². The number of carbonyl (C=O) groups is 1. The number of aromatic nitrogens is 2. The molecule has 1 N–H and O–H groups in total. The fourth-order valence-electron chi connectivity index (χ4n) is 2.02. The van der Waals surface area contributed by atoms with Gasteiger partial charge in [0, 0.05) is 10.2 Å². The van der Waals surface area contributed by atoms with Crippen molar-refractivity contribution in [2.24, 2.45) is 0 Å². The molecule has 136 valence electrons. The number of hydrogen-bond donors (Lipinski definition) is 1. The van der Waals surface area contributed by atoms with Crippen molar-refractivity contribution in [1.29, 1.82) is 0 Å². The number of anilines is 1. The molecular weight excluding hydrogens is 422 g/mol. The maximum Gasteiger partial charge on any atom is 0.264 e. The van der Waals surface area contributed by atoms with Crippen LogP contribution in [0.1, 0.15) is 45.1 Å². The fraction of sp³-hybridized carbons (Fsp3) is 0.471. The van der Waals surface area contributed by atoms with Crippen LogP contribution in [0.2, 0.25) is 0 Å². The van der Waals surface area contributed by atoms with Gasteiger partial charge in [0.25, 0.3) is 5.91 Å². The summed E-state index contributed by atoms with van der Waals surface area (Å²) in [7, 11) is 0. The summed E-state index contributed by atoms with van der Waals surface area (Å²) in [6.45, 7) is 6.28. The Hall–Kier alpha value is -1.12. The minimum Gasteiger partial charge on any atom is -0.483 e. The molecule has 1 aromatic heterocycles. The highest BCUT2D eigenvalue weighted by molar-refractivity contribution is 9.10. The van der Waals surface area contributed by atoms with Crippen molar-refractivity contribution >= 4 is 50.1 Å². The molecular formula is C17H22BrN3O2S2. The summed E-state index contributed by atoms with van der Waals surface area (Å²) >= 11 is 6.52. The van der Waals surface area contributed by atoms with Gasteiger partial charge in [0.05, 0.1) is 0 Å². The maximum absolute atomic E-state index is 12.1. The van der Waals surface area contributed by atoms with Gasteiger partial charge in [0.1, 0.15) is 5.75 Å². The number of thioether (sulfide) groups is 1. The Kier molecular flexibility index (Phi) is 8.18. The van der Waals surface area contributed by atoms with E-state index in [1.54, 1.807) is 11.8 Å². The molecule has 0 radical (unpaired) electrons. The predicted octanol–water partition coefficient (Wildman–Crippen LogP) is 5.33. The monoisotopic (exact) mass is 443 g/mol. The topological polar surface area (TPSA) is 64.1 Å². The Morgan fingerprint density at radius 2 is 2.20 bits per heavy atom. The normalized spacial score (nSPS) is 10.9. The van der Waals surface area contributed by atoms with Gasteiger partial charge < -0.3 is 4.74 Å². The molecule has 5 nitrogen and oxygen atoms in total. The average molecular weight is 444 g/mol. The Bertz CT molecular complexity index is 707. The number of halogens is 1. The van der Waals surface area contributed by atoms with E-state index < -0.39 is 0 Å². The average Bonchev–Trinajstić information content (AvgIpc) is 3.01. The lowest BCUT2D eigenvalue weighted by Crippen LogP contribution is -2.20. The molecule has 2 aromatic rings. The molecule has 0 saturated carbocycles. The van der Waals surface area contributed by atoms with Gasteiger partial charge in [-0.2, -0.15) is 0 Å². The second-order valence-electron chi connectivity index (χ2n) is 5.75. The zero-order valence-electron chi connectivity index (χ0n) is 14.5. The minimum absolute atomic E-state index is 0.0563. The van der Waals surface area contributed by atoms with Crippen LogP contribution in [-0.4, -0.2) is 28.5 Å². The van der Waals surface area contributed by atoms with Crippen molar-refractivity contribution in [3.63, 3.8) is 0 Å². The lowest BCUT2D eigenvalue weighted by Gasteiger charge is -2.14. The third-order valence-electron chi connectivity index (χ3n) is 3.33. The molecule has 2 rings (SSSR count). The maximum atomic E-state index is 12.1. The van der Waals surface area contributed by atoms with Crippen LogP contribution >= 0.6 is 39.0 Å². The van der Waals surface area contributed by atoms with Crippen LogP contribution in [0.4, 0.5) is 5.13 Å². The number of rotatable bonds is 9. The zero-order chi connectivity index (χ0) is 18.2. The van der Waals surface area contributed by atoms with E-state index in [1.165, 1.54) is 11.3 Å². The molecule has 0 bridgehead atoms. The highest BCUT2D eigenvalue weighted by Crippen LogP contribution is 2.30. The van der Waals surface area contributed by atoms with Gasteiger partial charge in [-0.3, -0.25) is 10.1 Å². The molecule has 0 aliphatic carbocycles. The first-order valence-corrected chi connectivity index (χ1v) is 10.8. The van der Waals surface area contributed by atoms with Crippen molar-refractivity contribution in [1.82, 2.24) is 10.2 Å². The molecule has 25 heavy (non-hydrogen) atoms. The van der Waals surface area contributed by atoms with Crippen LogP contribution in [0.3, 0.4) is 0 Å². The van der Waals surface area contributed by atoms with Crippen molar-refractivity contribution in [2.45, 2.75) is 43.9 Å². The SMILES string of the molecule is CCCCSc1nnc(NC(=O)COc2ccc(Br)cc2C(C)C)s1. The second-order valence-corrected chi connectivity index (χ2v) is 8.98. The number of hydrogen-bond acceptors (Lipinski definition) is 6. The third kappa shape index (κ3) is 6.60. The number of nitrogens with one attached hydrogen (secondary N) is 1. The van der Waals surface area contributed by atoms with E-state index in [-0.39, 0.29) is 12.5 Å². The number of amides is 1. The summed E-state index contributed by atoms with van der Waals surface area (Å²) in [5, 5.41) is 11.3. The Balaban J connectivity index is 1.87. The van der Waals surface area contributed by atoms with E-state index in [0.29, 0.717) is 11.0 Å². The molecule has 1 amide bonds. The van der Waals surface area contributed by atoms with Crippen molar-refractivity contribution < 1.29 is 9.53 Å². The summed E-state index contributed by atoms with van der Waals surface area (Å²) < 4.78 is 7.56. The summed E-state index contributed by atoms with van der Waals surface area (Å²) in [6, 6.07) is 5.80. The van der Waals surface area contributed by atoms with Crippen molar-refractivity contribution in [3.8, 4) is 5.75 Å². The molecule has 1 heterocycles. The first-order valence-electron chi connectivity index (χ1n) is 8.18. The van der Waals surface area contributed by atoms with Gasteiger partial charge in [-0.1, -0.05) is 66.2 Å². The van der Waals surface area contributed by atoms with E-state index in [0.717, 1.165) is 38.7 Å². The summed E-state index contributed by atoms with van der Waals surface area (Å²) in [5.74, 6) is 1.81. The van der Waals surface area contributed by atoms with Crippen LogP contribution < -0.4 is 10.1 Å². The van der Waals surface area contributed by atoms with Gasteiger partial charge in [0.15, 0.2) is 10.9 Å². The number of nitrogens with zero attached hydrogens (tertiary/aromatic N) is 2. The third-order valence-corrected chi connectivity index (χ3v) is 5.88. The second kappa shape index (κ2) is 10.1. The van der Waals surface area contributed by atoms with Crippen molar-refractivity contribution in [3.05, 3.63) is 28.2 Å². The largest absolute Gasteiger partial charge is 0.483 e. The van der Waals surface area contributed by atoms with E-state index in [9.17, 15) is 4.79 Å². The zero-order valence-corrected chi connectivity index (χ0v) is 17.8. The molecule has 0 aliphatic heterocycles. The molecule has 0 aliphatic rings. The Morgan fingerprint density at radius 3 is 2.92 bits per heavy atom. The highest BCUT2D eigenvalue weighted by Gasteiger charge is 2.12. The quantitative estimate of drug-likeness (QED) is 0.322. The lowest BCUT2D eigenvalue weighted by molar-refractivity contribution is -0.118. The first kappa shape index (κ1) is 20.2. The molecule has 0 spiro atoms. The Labute approximate surface area is 165 Å². The van der Waals surface area contributed by atoms with E-state index in [2.05, 4.69) is 52.2 Å². The standard InChI is InChI=1S/C17H22BrN3O2S2/c1-4-5-8-24-17-21-20-16(25-17)19-15(22)10-23-14-7-6-12(18)9-13(14)11(2)3/h6-7,9,11H,4-5,8,10H2,1-3H3,(H,19,20,22). The Morgan fingerprint density at radius 1 is 1.40 bits per heavy atom. The lowest BCUT2D eigenvalue weighted by atomic mass is 10.0. The van der Waals surface area contributed by atoms with Crippen LogP contribution in [0.15, 0.2) is 27.0 Å². The van der Waals surface area contributed by atoms with Crippen LogP contribution in [-0.2, 0) is 4.79 Å². The smallest absolute Gasteiger partial charge is 0.264 e. The molecule has 0 fully saturated rings. The van der Waals surface area contributed by atoms with Crippen LogP contribution in [0.25, 0.3) is 0 Å². The van der Waals surface area contributed by atoms with Gasteiger partial charge in [-0.25, -0.2) is 0 Å². The molecule has 0 saturated heterocycles. The number of unbranched alkanes of at least 4 members (excludes halogenated alkanes) is 1. The fourth-order valence-corrected chi connectivity index (χ4v) is 4.32. The highest BCUT2D eigenvalue weighted by atomic mass is 79.9. The molecule has 1 aromatic carbocycles. The minimum atomic E-state index is -0.237. The number of benzene rings is 1. The first-order chi connectivity index (χ1) is 12.0. The van der Waals surface area contributed by atoms with E-state index >= 15 is 0 Å². The van der Waals surface area contributed by atoms with Gasteiger partial charge in [0.2, 0.25) is 5.13 Å².